The lowest BCUT2D eigenvalue weighted by Crippen LogP contribution is -2.11. The second-order valence-corrected chi connectivity index (χ2v) is 3.35. The van der Waals surface area contributed by atoms with Crippen LogP contribution in [0.25, 0.3) is 0 Å². The van der Waals surface area contributed by atoms with Crippen molar-refractivity contribution in [3.8, 4) is 0 Å². The van der Waals surface area contributed by atoms with Crippen LogP contribution in [0.15, 0.2) is 23.8 Å². The molecule has 0 heterocycles. The molecule has 3 nitrogen and oxygen atoms in total. The summed E-state index contributed by atoms with van der Waals surface area (Å²) >= 11 is 0. The predicted octanol–water partition coefficient (Wildman–Crippen LogP) is 0.600. The molecule has 66 valence electrons. The Morgan fingerprint density at radius 1 is 1.15 bits per heavy atom. The number of hydrogen-bond donors (Lipinski definition) is 0. The first-order chi connectivity index (χ1) is 6.16. The van der Waals surface area contributed by atoms with Crippen LogP contribution in [0.2, 0.25) is 0 Å². The molecule has 0 amide bonds. The van der Waals surface area contributed by atoms with Crippen molar-refractivity contribution in [3.63, 3.8) is 0 Å². The SMILES string of the molecule is O=C1C=CC(CC2CC2=O)=CC1=O. The number of rotatable bonds is 2. The molecule has 0 N–H and O–H groups in total. The highest BCUT2D eigenvalue weighted by molar-refractivity contribution is 6.46. The Bertz CT molecular complexity index is 360. The fraction of sp³-hybridized carbons (Fsp3) is 0.300. The minimum Gasteiger partial charge on any atom is -0.299 e. The first-order valence-electron chi connectivity index (χ1n) is 4.16. The molecular weight excluding hydrogens is 168 g/mol. The van der Waals surface area contributed by atoms with Crippen molar-refractivity contribution in [2.24, 2.45) is 5.92 Å². The average Bonchev–Trinajstić information content (AvgIpc) is 2.75. The van der Waals surface area contributed by atoms with Gasteiger partial charge in [-0.05, 0) is 24.1 Å². The summed E-state index contributed by atoms with van der Waals surface area (Å²) in [6.45, 7) is 0. The van der Waals surface area contributed by atoms with Gasteiger partial charge in [0, 0.05) is 12.3 Å². The molecule has 0 saturated heterocycles. The zero-order valence-corrected chi connectivity index (χ0v) is 6.95. The molecule has 13 heavy (non-hydrogen) atoms. The molecule has 1 atom stereocenters. The van der Waals surface area contributed by atoms with Crippen molar-refractivity contribution in [1.82, 2.24) is 0 Å². The maximum Gasteiger partial charge on any atom is 0.225 e. The lowest BCUT2D eigenvalue weighted by atomic mass is 10.0. The Labute approximate surface area is 75.1 Å². The molecule has 1 unspecified atom stereocenters. The number of hydrogen-bond acceptors (Lipinski definition) is 3. The molecule has 2 aliphatic rings. The van der Waals surface area contributed by atoms with Gasteiger partial charge in [-0.15, -0.1) is 0 Å². The van der Waals surface area contributed by atoms with Gasteiger partial charge in [0.25, 0.3) is 0 Å². The van der Waals surface area contributed by atoms with E-state index in [-0.39, 0.29) is 11.7 Å². The van der Waals surface area contributed by atoms with E-state index in [4.69, 9.17) is 0 Å². The molecule has 0 aliphatic heterocycles. The van der Waals surface area contributed by atoms with Crippen LogP contribution in [0.4, 0.5) is 0 Å². The summed E-state index contributed by atoms with van der Waals surface area (Å²) in [5.74, 6) is -0.618. The lowest BCUT2D eigenvalue weighted by molar-refractivity contribution is -0.131. The third-order valence-electron chi connectivity index (χ3n) is 2.23. The quantitative estimate of drug-likeness (QED) is 0.457. The Hall–Kier alpha value is -1.51. The third-order valence-corrected chi connectivity index (χ3v) is 2.23. The third kappa shape index (κ3) is 1.64. The monoisotopic (exact) mass is 176 g/mol. The van der Waals surface area contributed by atoms with E-state index in [1.165, 1.54) is 12.2 Å². The van der Waals surface area contributed by atoms with Crippen LogP contribution in [-0.2, 0) is 14.4 Å². The van der Waals surface area contributed by atoms with Gasteiger partial charge in [-0.25, -0.2) is 0 Å². The van der Waals surface area contributed by atoms with Gasteiger partial charge in [-0.3, -0.25) is 14.4 Å². The Morgan fingerprint density at radius 3 is 2.38 bits per heavy atom. The summed E-state index contributed by atoms with van der Waals surface area (Å²) in [6, 6.07) is 0. The van der Waals surface area contributed by atoms with Crippen molar-refractivity contribution < 1.29 is 14.4 Å². The van der Waals surface area contributed by atoms with E-state index in [1.54, 1.807) is 6.08 Å². The highest BCUT2D eigenvalue weighted by atomic mass is 16.2. The van der Waals surface area contributed by atoms with Crippen LogP contribution in [-0.4, -0.2) is 17.3 Å². The van der Waals surface area contributed by atoms with Gasteiger partial charge in [0.15, 0.2) is 0 Å². The first kappa shape index (κ1) is 8.10. The molecule has 2 aliphatic carbocycles. The van der Waals surface area contributed by atoms with Crippen LogP contribution < -0.4 is 0 Å². The van der Waals surface area contributed by atoms with Crippen LogP contribution in [0.1, 0.15) is 12.8 Å². The highest BCUT2D eigenvalue weighted by Gasteiger charge is 2.34. The largest absolute Gasteiger partial charge is 0.299 e. The molecular formula is C10H8O3. The van der Waals surface area contributed by atoms with Crippen LogP contribution in [0, 0.1) is 5.92 Å². The van der Waals surface area contributed by atoms with Crippen molar-refractivity contribution in [1.29, 1.82) is 0 Å². The molecule has 1 fully saturated rings. The van der Waals surface area contributed by atoms with Crippen molar-refractivity contribution in [3.05, 3.63) is 23.8 Å². The standard InChI is InChI=1S/C10H8O3/c11-8-2-1-6(4-10(8)13)3-7-5-9(7)12/h1-2,4,7H,3,5H2. The molecule has 0 aromatic carbocycles. The lowest BCUT2D eigenvalue weighted by Gasteiger charge is -2.02. The molecule has 0 aromatic heterocycles. The predicted molar refractivity (Wildman–Crippen MR) is 45.0 cm³/mol. The van der Waals surface area contributed by atoms with Crippen LogP contribution in [0.5, 0.6) is 0 Å². The maximum atomic E-state index is 10.9. The zero-order chi connectivity index (χ0) is 9.42. The molecule has 3 heteroatoms. The first-order valence-corrected chi connectivity index (χ1v) is 4.16. The van der Waals surface area contributed by atoms with Gasteiger partial charge in [-0.1, -0.05) is 6.08 Å². The normalized spacial score (nSPS) is 26.3. The van der Waals surface area contributed by atoms with Gasteiger partial charge in [0.2, 0.25) is 11.6 Å². The van der Waals surface area contributed by atoms with E-state index in [2.05, 4.69) is 0 Å². The Morgan fingerprint density at radius 2 is 1.85 bits per heavy atom. The number of allylic oxidation sites excluding steroid dienone is 4. The van der Waals surface area contributed by atoms with E-state index in [9.17, 15) is 14.4 Å². The fourth-order valence-electron chi connectivity index (χ4n) is 1.33. The Balaban J connectivity index is 2.05. The smallest absolute Gasteiger partial charge is 0.225 e. The van der Waals surface area contributed by atoms with E-state index in [0.717, 1.165) is 5.57 Å². The summed E-state index contributed by atoms with van der Waals surface area (Å²) in [6.07, 6.45) is 5.44. The summed E-state index contributed by atoms with van der Waals surface area (Å²) in [7, 11) is 0. The van der Waals surface area contributed by atoms with Crippen molar-refractivity contribution in [2.75, 3.05) is 0 Å². The second-order valence-electron chi connectivity index (χ2n) is 3.35. The number of Topliss-reactive ketones (excluding diaryl/α,β-unsaturated/α-hetero) is 1. The van der Waals surface area contributed by atoms with Gasteiger partial charge in [0.05, 0.1) is 0 Å². The van der Waals surface area contributed by atoms with Gasteiger partial charge in [0.1, 0.15) is 5.78 Å². The van der Waals surface area contributed by atoms with Gasteiger partial charge >= 0.3 is 0 Å². The van der Waals surface area contributed by atoms with Crippen LogP contribution in [0.3, 0.4) is 0 Å². The minimum atomic E-state index is -0.481. The maximum absolute atomic E-state index is 10.9. The minimum absolute atomic E-state index is 0.0944. The molecule has 0 spiro atoms. The number of ketones is 3. The number of carbonyl (C=O) groups is 3. The zero-order valence-electron chi connectivity index (χ0n) is 6.95. The summed E-state index contributed by atoms with van der Waals surface area (Å²) < 4.78 is 0. The van der Waals surface area contributed by atoms with Crippen molar-refractivity contribution in [2.45, 2.75) is 12.8 Å². The van der Waals surface area contributed by atoms with E-state index >= 15 is 0 Å². The van der Waals surface area contributed by atoms with Gasteiger partial charge in [-0.2, -0.15) is 0 Å². The second kappa shape index (κ2) is 2.76. The molecule has 1 saturated carbocycles. The van der Waals surface area contributed by atoms with E-state index in [1.807, 2.05) is 0 Å². The number of carbonyl (C=O) groups excluding carboxylic acids is 3. The van der Waals surface area contributed by atoms with Crippen LogP contribution >= 0.6 is 0 Å². The van der Waals surface area contributed by atoms with E-state index < -0.39 is 11.6 Å². The summed E-state index contributed by atoms with van der Waals surface area (Å²) in [5, 5.41) is 0. The van der Waals surface area contributed by atoms with Crippen molar-refractivity contribution >= 4 is 17.3 Å². The molecule has 0 radical (unpaired) electrons. The summed E-state index contributed by atoms with van der Waals surface area (Å²) in [5.41, 5.74) is 0.792. The van der Waals surface area contributed by atoms with Gasteiger partial charge < -0.3 is 0 Å². The average molecular weight is 176 g/mol. The fourth-order valence-corrected chi connectivity index (χ4v) is 1.33. The summed E-state index contributed by atoms with van der Waals surface area (Å²) in [4.78, 5) is 32.4. The molecule has 0 aromatic rings. The molecule has 2 rings (SSSR count). The Kier molecular flexibility index (Phi) is 1.72. The van der Waals surface area contributed by atoms with E-state index in [0.29, 0.717) is 12.8 Å². The topological polar surface area (TPSA) is 51.2 Å². The molecule has 0 bridgehead atoms. The highest BCUT2D eigenvalue weighted by Crippen LogP contribution is 2.31.